The molecule has 0 unspecified atom stereocenters. The van der Waals surface area contributed by atoms with Crippen molar-refractivity contribution in [3.05, 3.63) is 18.7 Å². The number of nitrogens with zero attached hydrogens (tertiary/aromatic N) is 3. The number of hydrogen-bond donors (Lipinski definition) is 2. The predicted molar refractivity (Wildman–Crippen MR) is 57.5 cm³/mol. The molecule has 0 radical (unpaired) electrons. The number of aliphatic hydroxyl groups is 1. The highest BCUT2D eigenvalue weighted by molar-refractivity contribution is 5.76. The van der Waals surface area contributed by atoms with Gasteiger partial charge in [-0.05, 0) is 0 Å². The molecule has 88 valence electrons. The standard InChI is InChI=1S/C10H16N4O2/c11-2-1-10(16)14-5-8(9(15)6-14)13-4-3-12-7-13/h3-4,7-9,15H,1-2,5-6,11H2/t8-,9+/m0/s1. The Bertz CT molecular complexity index is 352. The lowest BCUT2D eigenvalue weighted by Gasteiger charge is -2.16. The molecular formula is C10H16N4O2. The number of aliphatic hydroxyl groups excluding tert-OH is 1. The summed E-state index contributed by atoms with van der Waals surface area (Å²) < 4.78 is 1.83. The molecule has 6 nitrogen and oxygen atoms in total. The summed E-state index contributed by atoms with van der Waals surface area (Å²) >= 11 is 0. The van der Waals surface area contributed by atoms with Crippen molar-refractivity contribution in [2.24, 2.45) is 5.73 Å². The molecule has 1 aliphatic heterocycles. The SMILES string of the molecule is NCCC(=O)N1C[C@@H](O)[C@@H](n2ccnc2)C1. The maximum atomic E-state index is 11.6. The molecule has 1 fully saturated rings. The molecule has 3 N–H and O–H groups in total. The fraction of sp³-hybridized carbons (Fsp3) is 0.600. The smallest absolute Gasteiger partial charge is 0.224 e. The third-order valence-corrected chi connectivity index (χ3v) is 2.88. The zero-order valence-electron chi connectivity index (χ0n) is 8.99. The van der Waals surface area contributed by atoms with Crippen LogP contribution in [0.1, 0.15) is 12.5 Å². The highest BCUT2D eigenvalue weighted by atomic mass is 16.3. The predicted octanol–water partition coefficient (Wildman–Crippen LogP) is -1.02. The van der Waals surface area contributed by atoms with Gasteiger partial charge >= 0.3 is 0 Å². The molecule has 2 atom stereocenters. The number of hydrogen-bond acceptors (Lipinski definition) is 4. The Morgan fingerprint density at radius 3 is 3.00 bits per heavy atom. The first-order valence-corrected chi connectivity index (χ1v) is 5.35. The number of likely N-dealkylation sites (tertiary alicyclic amines) is 1. The van der Waals surface area contributed by atoms with Gasteiger partial charge in [0.25, 0.3) is 0 Å². The van der Waals surface area contributed by atoms with Crippen molar-refractivity contribution in [2.75, 3.05) is 19.6 Å². The summed E-state index contributed by atoms with van der Waals surface area (Å²) in [7, 11) is 0. The van der Waals surface area contributed by atoms with Crippen LogP contribution >= 0.6 is 0 Å². The summed E-state index contributed by atoms with van der Waals surface area (Å²) in [4.78, 5) is 17.2. The largest absolute Gasteiger partial charge is 0.389 e. The lowest BCUT2D eigenvalue weighted by Crippen LogP contribution is -2.31. The molecule has 6 heteroatoms. The number of carbonyl (C=O) groups excluding carboxylic acids is 1. The monoisotopic (exact) mass is 224 g/mol. The van der Waals surface area contributed by atoms with E-state index >= 15 is 0 Å². The number of β-amino-alcohol motifs (C(OH)–C–C–N with tert-alkyl or cyclic N) is 1. The van der Waals surface area contributed by atoms with Crippen molar-refractivity contribution >= 4 is 5.91 Å². The molecule has 0 aromatic carbocycles. The minimum atomic E-state index is -0.532. The lowest BCUT2D eigenvalue weighted by atomic mass is 10.2. The first-order valence-electron chi connectivity index (χ1n) is 5.35. The molecule has 2 heterocycles. The molecule has 0 spiro atoms. The van der Waals surface area contributed by atoms with Crippen LogP contribution < -0.4 is 5.73 Å². The van der Waals surface area contributed by atoms with Crippen LogP contribution in [0, 0.1) is 0 Å². The molecule has 1 amide bonds. The van der Waals surface area contributed by atoms with E-state index in [2.05, 4.69) is 4.98 Å². The molecule has 1 saturated heterocycles. The average Bonchev–Trinajstić information content (AvgIpc) is 2.86. The molecule has 16 heavy (non-hydrogen) atoms. The van der Waals surface area contributed by atoms with Crippen LogP contribution in [0.4, 0.5) is 0 Å². The number of imidazole rings is 1. The molecule has 0 aliphatic carbocycles. The summed E-state index contributed by atoms with van der Waals surface area (Å²) in [6, 6.07) is -0.0933. The van der Waals surface area contributed by atoms with Crippen LogP contribution in [-0.2, 0) is 4.79 Å². The first-order chi connectivity index (χ1) is 7.72. The van der Waals surface area contributed by atoms with Gasteiger partial charge in [-0.1, -0.05) is 0 Å². The van der Waals surface area contributed by atoms with Crippen molar-refractivity contribution in [3.63, 3.8) is 0 Å². The van der Waals surface area contributed by atoms with Gasteiger partial charge in [0.05, 0.1) is 18.5 Å². The molecule has 1 aliphatic rings. The zero-order valence-corrected chi connectivity index (χ0v) is 8.99. The van der Waals surface area contributed by atoms with E-state index in [0.29, 0.717) is 26.1 Å². The second kappa shape index (κ2) is 4.63. The van der Waals surface area contributed by atoms with E-state index in [0.717, 1.165) is 0 Å². The minimum Gasteiger partial charge on any atom is -0.389 e. The van der Waals surface area contributed by atoms with Crippen molar-refractivity contribution in [2.45, 2.75) is 18.6 Å². The number of aromatic nitrogens is 2. The third-order valence-electron chi connectivity index (χ3n) is 2.88. The summed E-state index contributed by atoms with van der Waals surface area (Å²) in [6.45, 7) is 1.25. The van der Waals surface area contributed by atoms with Gasteiger partial charge in [0.1, 0.15) is 0 Å². The van der Waals surface area contributed by atoms with E-state index in [1.54, 1.807) is 23.6 Å². The Kier molecular flexibility index (Phi) is 3.21. The number of carbonyl (C=O) groups is 1. The summed E-state index contributed by atoms with van der Waals surface area (Å²) in [6.07, 6.45) is 4.92. The Hall–Kier alpha value is -1.40. The number of rotatable bonds is 3. The van der Waals surface area contributed by atoms with Gasteiger partial charge in [0.2, 0.25) is 5.91 Å². The van der Waals surface area contributed by atoms with Crippen LogP contribution in [0.15, 0.2) is 18.7 Å². The Balaban J connectivity index is 2.02. The Morgan fingerprint density at radius 2 is 2.38 bits per heavy atom. The summed E-state index contributed by atoms with van der Waals surface area (Å²) in [5.74, 6) is 0.00386. The van der Waals surface area contributed by atoms with Crippen molar-refractivity contribution in [1.82, 2.24) is 14.5 Å². The molecule has 0 bridgehead atoms. The minimum absolute atomic E-state index is 0.00386. The fourth-order valence-electron chi connectivity index (χ4n) is 2.01. The third kappa shape index (κ3) is 2.07. The second-order valence-corrected chi connectivity index (χ2v) is 3.98. The fourth-order valence-corrected chi connectivity index (χ4v) is 2.01. The maximum absolute atomic E-state index is 11.6. The van der Waals surface area contributed by atoms with E-state index in [4.69, 9.17) is 5.73 Å². The van der Waals surface area contributed by atoms with Gasteiger partial charge < -0.3 is 20.3 Å². The highest BCUT2D eigenvalue weighted by Crippen LogP contribution is 2.22. The molecule has 2 rings (SSSR count). The van der Waals surface area contributed by atoms with Crippen molar-refractivity contribution in [1.29, 1.82) is 0 Å². The van der Waals surface area contributed by atoms with Gasteiger partial charge in [-0.2, -0.15) is 0 Å². The van der Waals surface area contributed by atoms with Gasteiger partial charge in [0, 0.05) is 38.4 Å². The molecule has 1 aromatic rings. The van der Waals surface area contributed by atoms with Crippen LogP contribution in [0.25, 0.3) is 0 Å². The van der Waals surface area contributed by atoms with E-state index in [1.165, 1.54) is 0 Å². The van der Waals surface area contributed by atoms with E-state index in [9.17, 15) is 9.90 Å². The average molecular weight is 224 g/mol. The summed E-state index contributed by atoms with van der Waals surface area (Å²) in [5.41, 5.74) is 5.34. The van der Waals surface area contributed by atoms with Gasteiger partial charge in [-0.3, -0.25) is 4.79 Å². The lowest BCUT2D eigenvalue weighted by molar-refractivity contribution is -0.130. The number of amides is 1. The maximum Gasteiger partial charge on any atom is 0.224 e. The normalized spacial score (nSPS) is 25.0. The molecular weight excluding hydrogens is 208 g/mol. The van der Waals surface area contributed by atoms with Crippen LogP contribution in [-0.4, -0.2) is 51.2 Å². The topological polar surface area (TPSA) is 84.4 Å². The van der Waals surface area contributed by atoms with Gasteiger partial charge in [-0.25, -0.2) is 4.98 Å². The molecule has 0 saturated carbocycles. The quantitative estimate of drug-likeness (QED) is 0.688. The van der Waals surface area contributed by atoms with Crippen LogP contribution in [0.5, 0.6) is 0 Å². The van der Waals surface area contributed by atoms with E-state index < -0.39 is 6.10 Å². The van der Waals surface area contributed by atoms with E-state index in [-0.39, 0.29) is 11.9 Å². The first kappa shape index (κ1) is 11.1. The van der Waals surface area contributed by atoms with Gasteiger partial charge in [-0.15, -0.1) is 0 Å². The zero-order chi connectivity index (χ0) is 11.5. The summed E-state index contributed by atoms with van der Waals surface area (Å²) in [5, 5.41) is 9.87. The van der Waals surface area contributed by atoms with Crippen LogP contribution in [0.2, 0.25) is 0 Å². The van der Waals surface area contributed by atoms with Crippen LogP contribution in [0.3, 0.4) is 0 Å². The highest BCUT2D eigenvalue weighted by Gasteiger charge is 2.34. The molecule has 1 aromatic heterocycles. The Labute approximate surface area is 93.7 Å². The van der Waals surface area contributed by atoms with Gasteiger partial charge in [0.15, 0.2) is 0 Å². The second-order valence-electron chi connectivity index (χ2n) is 3.98. The van der Waals surface area contributed by atoms with E-state index in [1.807, 2.05) is 4.57 Å². The Morgan fingerprint density at radius 1 is 1.56 bits per heavy atom. The van der Waals surface area contributed by atoms with Crippen molar-refractivity contribution in [3.8, 4) is 0 Å². The van der Waals surface area contributed by atoms with Crippen molar-refractivity contribution < 1.29 is 9.90 Å². The number of nitrogens with two attached hydrogens (primary N) is 1.